The molecule has 0 radical (unpaired) electrons. The summed E-state index contributed by atoms with van der Waals surface area (Å²) in [5.41, 5.74) is 2.43. The minimum Gasteiger partial charge on any atom is -0.379 e. The molecular weight excluding hydrogens is 288 g/mol. The molecule has 0 amide bonds. The fourth-order valence-corrected chi connectivity index (χ4v) is 2.84. The number of nitrogens with zero attached hydrogens (tertiary/aromatic N) is 3. The zero-order chi connectivity index (χ0) is 15.9. The third-order valence-corrected chi connectivity index (χ3v) is 4.14. The van der Waals surface area contributed by atoms with E-state index < -0.39 is 0 Å². The fourth-order valence-electron chi connectivity index (χ4n) is 2.84. The highest BCUT2D eigenvalue weighted by Gasteiger charge is 2.11. The molecule has 0 atom stereocenters. The van der Waals surface area contributed by atoms with E-state index in [0.717, 1.165) is 50.9 Å². The van der Waals surface area contributed by atoms with Crippen molar-refractivity contribution in [2.24, 2.45) is 0 Å². The number of rotatable bonds is 7. The van der Waals surface area contributed by atoms with Gasteiger partial charge in [-0.2, -0.15) is 5.10 Å². The molecule has 124 valence electrons. The van der Waals surface area contributed by atoms with Gasteiger partial charge < -0.3 is 10.1 Å². The van der Waals surface area contributed by atoms with Crippen LogP contribution >= 0.6 is 0 Å². The molecule has 5 heteroatoms. The highest BCUT2D eigenvalue weighted by molar-refractivity contribution is 5.45. The molecule has 23 heavy (non-hydrogen) atoms. The van der Waals surface area contributed by atoms with Crippen molar-refractivity contribution < 1.29 is 4.74 Å². The average Bonchev–Trinajstić information content (AvgIpc) is 3.05. The standard InChI is InChI=1S/C18H26N4O/c1-2-3-8-19-18-7-9-20-22(18)17-6-4-5-16(14-17)15-21-10-12-23-13-11-21/h4-7,9,14,19H,2-3,8,10-13,15H2,1H3. The molecule has 1 aromatic heterocycles. The lowest BCUT2D eigenvalue weighted by molar-refractivity contribution is 0.0342. The largest absolute Gasteiger partial charge is 0.379 e. The third-order valence-electron chi connectivity index (χ3n) is 4.14. The smallest absolute Gasteiger partial charge is 0.129 e. The summed E-state index contributed by atoms with van der Waals surface area (Å²) < 4.78 is 7.40. The second-order valence-electron chi connectivity index (χ2n) is 5.97. The van der Waals surface area contributed by atoms with Crippen LogP contribution in [0.15, 0.2) is 36.5 Å². The van der Waals surface area contributed by atoms with Gasteiger partial charge in [-0.25, -0.2) is 4.68 Å². The van der Waals surface area contributed by atoms with Gasteiger partial charge in [-0.15, -0.1) is 0 Å². The monoisotopic (exact) mass is 314 g/mol. The van der Waals surface area contributed by atoms with Gasteiger partial charge >= 0.3 is 0 Å². The van der Waals surface area contributed by atoms with Crippen molar-refractivity contribution in [2.75, 3.05) is 38.2 Å². The van der Waals surface area contributed by atoms with Crippen LogP contribution in [0.25, 0.3) is 5.69 Å². The van der Waals surface area contributed by atoms with Gasteiger partial charge in [0.2, 0.25) is 0 Å². The summed E-state index contributed by atoms with van der Waals surface area (Å²) in [5, 5.41) is 7.94. The Hall–Kier alpha value is -1.85. The molecule has 0 bridgehead atoms. The van der Waals surface area contributed by atoms with Gasteiger partial charge in [0.05, 0.1) is 25.1 Å². The first-order chi connectivity index (χ1) is 11.4. The van der Waals surface area contributed by atoms with E-state index in [9.17, 15) is 0 Å². The maximum Gasteiger partial charge on any atom is 0.129 e. The zero-order valence-electron chi connectivity index (χ0n) is 13.9. The lowest BCUT2D eigenvalue weighted by atomic mass is 10.2. The van der Waals surface area contributed by atoms with E-state index >= 15 is 0 Å². The van der Waals surface area contributed by atoms with Crippen LogP contribution in [-0.2, 0) is 11.3 Å². The molecule has 0 aliphatic carbocycles. The van der Waals surface area contributed by atoms with E-state index in [4.69, 9.17) is 4.74 Å². The highest BCUT2D eigenvalue weighted by atomic mass is 16.5. The molecule has 1 fully saturated rings. The topological polar surface area (TPSA) is 42.3 Å². The Balaban J connectivity index is 1.70. The predicted octanol–water partition coefficient (Wildman–Crippen LogP) is 2.92. The Labute approximate surface area is 138 Å². The van der Waals surface area contributed by atoms with Gasteiger partial charge in [-0.3, -0.25) is 4.90 Å². The van der Waals surface area contributed by atoms with Crippen LogP contribution in [0.4, 0.5) is 5.82 Å². The molecule has 1 aliphatic rings. The number of hydrogen-bond acceptors (Lipinski definition) is 4. The minimum absolute atomic E-state index is 0.838. The molecule has 1 aliphatic heterocycles. The summed E-state index contributed by atoms with van der Waals surface area (Å²) in [6, 6.07) is 10.7. The van der Waals surface area contributed by atoms with Gasteiger partial charge in [0.1, 0.15) is 5.82 Å². The Kier molecular flexibility index (Phi) is 5.66. The first kappa shape index (κ1) is 16.0. The van der Waals surface area contributed by atoms with Crippen LogP contribution < -0.4 is 5.32 Å². The first-order valence-electron chi connectivity index (χ1n) is 8.54. The van der Waals surface area contributed by atoms with Crippen LogP contribution in [0.2, 0.25) is 0 Å². The van der Waals surface area contributed by atoms with Gasteiger partial charge in [0, 0.05) is 32.2 Å². The van der Waals surface area contributed by atoms with Crippen LogP contribution in [0, 0.1) is 0 Å². The number of aromatic nitrogens is 2. The van der Waals surface area contributed by atoms with Crippen molar-refractivity contribution >= 4 is 5.82 Å². The third kappa shape index (κ3) is 4.33. The SMILES string of the molecule is CCCCNc1ccnn1-c1cccc(CN2CCOCC2)c1. The van der Waals surface area contributed by atoms with E-state index in [0.29, 0.717) is 0 Å². The van der Waals surface area contributed by atoms with Crippen LogP contribution in [0.5, 0.6) is 0 Å². The molecule has 1 saturated heterocycles. The van der Waals surface area contributed by atoms with Gasteiger partial charge in [-0.05, 0) is 24.1 Å². The quantitative estimate of drug-likeness (QED) is 0.798. The Morgan fingerprint density at radius 2 is 2.09 bits per heavy atom. The number of hydrogen-bond donors (Lipinski definition) is 1. The Morgan fingerprint density at radius 3 is 2.91 bits per heavy atom. The summed E-state index contributed by atoms with van der Waals surface area (Å²) in [6.07, 6.45) is 4.21. The van der Waals surface area contributed by atoms with Crippen molar-refractivity contribution in [3.63, 3.8) is 0 Å². The normalized spacial score (nSPS) is 15.7. The Morgan fingerprint density at radius 1 is 1.22 bits per heavy atom. The van der Waals surface area contributed by atoms with Crippen molar-refractivity contribution in [3.05, 3.63) is 42.1 Å². The molecule has 2 heterocycles. The molecule has 5 nitrogen and oxygen atoms in total. The number of unbranched alkanes of at least 4 members (excludes halogenated alkanes) is 1. The predicted molar refractivity (Wildman–Crippen MR) is 93.1 cm³/mol. The fraction of sp³-hybridized carbons (Fsp3) is 0.500. The molecule has 3 rings (SSSR count). The number of ether oxygens (including phenoxy) is 1. The lowest BCUT2D eigenvalue weighted by Gasteiger charge is -2.26. The van der Waals surface area contributed by atoms with E-state index in [1.165, 1.54) is 18.4 Å². The molecule has 0 unspecified atom stereocenters. The zero-order valence-corrected chi connectivity index (χ0v) is 13.9. The molecule has 2 aromatic rings. The van der Waals surface area contributed by atoms with Crippen molar-refractivity contribution in [2.45, 2.75) is 26.3 Å². The number of benzene rings is 1. The van der Waals surface area contributed by atoms with Gasteiger partial charge in [0.15, 0.2) is 0 Å². The summed E-state index contributed by atoms with van der Waals surface area (Å²) in [6.45, 7) is 7.85. The van der Waals surface area contributed by atoms with E-state index in [-0.39, 0.29) is 0 Å². The number of morpholine rings is 1. The number of nitrogens with one attached hydrogen (secondary N) is 1. The molecule has 1 aromatic carbocycles. The molecular formula is C18H26N4O. The van der Waals surface area contributed by atoms with Gasteiger partial charge in [-0.1, -0.05) is 25.5 Å². The minimum atomic E-state index is 0.838. The van der Waals surface area contributed by atoms with Crippen molar-refractivity contribution in [1.82, 2.24) is 14.7 Å². The summed E-state index contributed by atoms with van der Waals surface area (Å²) in [7, 11) is 0. The average molecular weight is 314 g/mol. The molecule has 1 N–H and O–H groups in total. The summed E-state index contributed by atoms with van der Waals surface area (Å²) in [5.74, 6) is 1.06. The lowest BCUT2D eigenvalue weighted by Crippen LogP contribution is -2.35. The second kappa shape index (κ2) is 8.13. The summed E-state index contributed by atoms with van der Waals surface area (Å²) in [4.78, 5) is 2.44. The Bertz CT molecular complexity index is 605. The number of anilines is 1. The maximum absolute atomic E-state index is 5.42. The first-order valence-corrected chi connectivity index (χ1v) is 8.54. The van der Waals surface area contributed by atoms with Crippen molar-refractivity contribution in [1.29, 1.82) is 0 Å². The highest BCUT2D eigenvalue weighted by Crippen LogP contribution is 2.17. The van der Waals surface area contributed by atoms with Gasteiger partial charge in [0.25, 0.3) is 0 Å². The van der Waals surface area contributed by atoms with Crippen LogP contribution in [0.1, 0.15) is 25.3 Å². The van der Waals surface area contributed by atoms with Crippen LogP contribution in [-0.4, -0.2) is 47.5 Å². The van der Waals surface area contributed by atoms with Crippen molar-refractivity contribution in [3.8, 4) is 5.69 Å². The van der Waals surface area contributed by atoms with E-state index in [2.05, 4.69) is 46.5 Å². The van der Waals surface area contributed by atoms with E-state index in [1.807, 2.05) is 16.9 Å². The molecule has 0 spiro atoms. The van der Waals surface area contributed by atoms with Crippen LogP contribution in [0.3, 0.4) is 0 Å². The summed E-state index contributed by atoms with van der Waals surface area (Å²) >= 11 is 0. The molecule has 0 saturated carbocycles. The second-order valence-corrected chi connectivity index (χ2v) is 5.97. The van der Waals surface area contributed by atoms with E-state index in [1.54, 1.807) is 0 Å². The maximum atomic E-state index is 5.42.